The molecule has 4 nitrogen and oxygen atoms in total. The number of ether oxygens (including phenoxy) is 1. The number of amides is 1. The van der Waals surface area contributed by atoms with Crippen molar-refractivity contribution in [1.29, 1.82) is 0 Å². The fourth-order valence-corrected chi connectivity index (χ4v) is 2.97. The normalized spacial score (nSPS) is 22.1. The highest BCUT2D eigenvalue weighted by atomic mass is 35.5. The van der Waals surface area contributed by atoms with Crippen LogP contribution in [-0.4, -0.2) is 23.2 Å². The van der Waals surface area contributed by atoms with Gasteiger partial charge in [0, 0.05) is 9.92 Å². The van der Waals surface area contributed by atoms with Crippen molar-refractivity contribution in [3.63, 3.8) is 0 Å². The lowest BCUT2D eigenvalue weighted by molar-refractivity contribution is -0.148. The Balaban J connectivity index is 2.37. The maximum Gasteiger partial charge on any atom is 0.332 e. The quantitative estimate of drug-likeness (QED) is 0.670. The van der Waals surface area contributed by atoms with E-state index in [0.29, 0.717) is 10.7 Å². The van der Waals surface area contributed by atoms with Crippen molar-refractivity contribution in [3.8, 4) is 0 Å². The Morgan fingerprint density at radius 2 is 2.28 bits per heavy atom. The van der Waals surface area contributed by atoms with Crippen LogP contribution >= 0.6 is 23.4 Å². The summed E-state index contributed by atoms with van der Waals surface area (Å²) in [5.41, 5.74) is 0.663. The molecule has 1 amide bonds. The highest BCUT2D eigenvalue weighted by Gasteiger charge is 2.47. The third kappa shape index (κ3) is 2.20. The van der Waals surface area contributed by atoms with Crippen molar-refractivity contribution in [1.82, 2.24) is 0 Å². The molecule has 18 heavy (non-hydrogen) atoms. The Bertz CT molecular complexity index is 520. The molecule has 1 aromatic rings. The molecular weight excluding hydrogens is 274 g/mol. The molecule has 1 unspecified atom stereocenters. The first-order valence-corrected chi connectivity index (χ1v) is 6.64. The molecule has 1 aromatic carbocycles. The summed E-state index contributed by atoms with van der Waals surface area (Å²) in [6.45, 7) is 3.50. The van der Waals surface area contributed by atoms with Gasteiger partial charge in [-0.3, -0.25) is 4.79 Å². The van der Waals surface area contributed by atoms with E-state index < -0.39 is 10.7 Å². The highest BCUT2D eigenvalue weighted by molar-refractivity contribution is 8.02. The smallest absolute Gasteiger partial charge is 0.332 e. The van der Waals surface area contributed by atoms with Crippen LogP contribution in [0.15, 0.2) is 23.1 Å². The van der Waals surface area contributed by atoms with Gasteiger partial charge in [-0.25, -0.2) is 4.79 Å². The molecule has 96 valence electrons. The summed E-state index contributed by atoms with van der Waals surface area (Å²) in [6, 6.07) is 5.13. The van der Waals surface area contributed by atoms with Crippen LogP contribution in [0.3, 0.4) is 0 Å². The van der Waals surface area contributed by atoms with Gasteiger partial charge >= 0.3 is 5.97 Å². The molecule has 6 heteroatoms. The number of carbonyl (C=O) groups excluding carboxylic acids is 2. The van der Waals surface area contributed by atoms with Gasteiger partial charge in [-0.2, -0.15) is 0 Å². The number of rotatable bonds is 2. The van der Waals surface area contributed by atoms with Crippen molar-refractivity contribution in [2.24, 2.45) is 0 Å². The van der Waals surface area contributed by atoms with E-state index in [1.807, 2.05) is 0 Å². The van der Waals surface area contributed by atoms with E-state index in [-0.39, 0.29) is 12.5 Å². The van der Waals surface area contributed by atoms with Crippen LogP contribution in [0.25, 0.3) is 0 Å². The van der Waals surface area contributed by atoms with Gasteiger partial charge in [0.25, 0.3) is 5.91 Å². The monoisotopic (exact) mass is 285 g/mol. The van der Waals surface area contributed by atoms with Gasteiger partial charge in [0.1, 0.15) is 0 Å². The molecule has 1 aliphatic rings. The minimum absolute atomic E-state index is 0.241. The van der Waals surface area contributed by atoms with E-state index in [1.165, 1.54) is 0 Å². The number of benzene rings is 1. The molecule has 1 heterocycles. The first-order chi connectivity index (χ1) is 8.47. The van der Waals surface area contributed by atoms with E-state index in [1.54, 1.807) is 32.0 Å². The summed E-state index contributed by atoms with van der Waals surface area (Å²) in [4.78, 5) is 24.7. The van der Waals surface area contributed by atoms with Crippen molar-refractivity contribution in [3.05, 3.63) is 23.2 Å². The van der Waals surface area contributed by atoms with Crippen molar-refractivity contribution in [2.45, 2.75) is 23.5 Å². The summed E-state index contributed by atoms with van der Waals surface area (Å²) >= 11 is 7.06. The SMILES string of the molecule is CCOC(=O)C1(C)Sc2cc(Cl)ccc2NC1=O. The van der Waals surface area contributed by atoms with E-state index >= 15 is 0 Å². The Morgan fingerprint density at radius 1 is 1.56 bits per heavy atom. The fraction of sp³-hybridized carbons (Fsp3) is 0.333. The molecule has 1 atom stereocenters. The van der Waals surface area contributed by atoms with Gasteiger partial charge in [0.05, 0.1) is 12.3 Å². The van der Waals surface area contributed by atoms with Crippen LogP contribution in [-0.2, 0) is 14.3 Å². The van der Waals surface area contributed by atoms with Gasteiger partial charge < -0.3 is 10.1 Å². The fourth-order valence-electron chi connectivity index (χ4n) is 1.59. The number of carbonyl (C=O) groups is 2. The number of halogens is 1. The van der Waals surface area contributed by atoms with Crippen LogP contribution in [0.5, 0.6) is 0 Å². The predicted octanol–water partition coefficient (Wildman–Crippen LogP) is 2.71. The van der Waals surface area contributed by atoms with Gasteiger partial charge in [-0.15, -0.1) is 0 Å². The van der Waals surface area contributed by atoms with E-state index in [0.717, 1.165) is 16.7 Å². The Labute approximate surface area is 114 Å². The van der Waals surface area contributed by atoms with Crippen molar-refractivity contribution in [2.75, 3.05) is 11.9 Å². The molecule has 2 rings (SSSR count). The molecule has 0 spiro atoms. The summed E-state index contributed by atoms with van der Waals surface area (Å²) in [5, 5.41) is 3.26. The van der Waals surface area contributed by atoms with E-state index in [4.69, 9.17) is 16.3 Å². The zero-order valence-electron chi connectivity index (χ0n) is 9.95. The minimum Gasteiger partial charge on any atom is -0.465 e. The average molecular weight is 286 g/mol. The molecule has 0 saturated carbocycles. The Morgan fingerprint density at radius 3 is 2.94 bits per heavy atom. The second-order valence-electron chi connectivity index (χ2n) is 3.95. The standard InChI is InChI=1S/C12H12ClNO3S/c1-3-17-11(16)12(2)10(15)14-8-5-4-7(13)6-9(8)18-12/h4-6H,3H2,1-2H3,(H,14,15). The van der Waals surface area contributed by atoms with Crippen LogP contribution < -0.4 is 5.32 Å². The van der Waals surface area contributed by atoms with Gasteiger partial charge in [-0.05, 0) is 32.0 Å². The number of hydrogen-bond donors (Lipinski definition) is 1. The topological polar surface area (TPSA) is 55.4 Å². The molecule has 1 aliphatic heterocycles. The van der Waals surface area contributed by atoms with Crippen LogP contribution in [0, 0.1) is 0 Å². The Kier molecular flexibility index (Phi) is 3.54. The number of fused-ring (bicyclic) bond motifs is 1. The highest BCUT2D eigenvalue weighted by Crippen LogP contribution is 2.43. The predicted molar refractivity (Wildman–Crippen MR) is 71.0 cm³/mol. The average Bonchev–Trinajstić information content (AvgIpc) is 2.31. The van der Waals surface area contributed by atoms with Gasteiger partial charge in [0.15, 0.2) is 4.75 Å². The van der Waals surface area contributed by atoms with E-state index in [9.17, 15) is 9.59 Å². The number of nitrogens with one attached hydrogen (secondary N) is 1. The van der Waals surface area contributed by atoms with Crippen LogP contribution in [0.1, 0.15) is 13.8 Å². The molecular formula is C12H12ClNO3S. The number of thioether (sulfide) groups is 1. The third-order valence-corrected chi connectivity index (χ3v) is 4.16. The van der Waals surface area contributed by atoms with Gasteiger partial charge in [0.2, 0.25) is 0 Å². The molecule has 0 radical (unpaired) electrons. The number of anilines is 1. The molecule has 0 saturated heterocycles. The molecule has 1 N–H and O–H groups in total. The summed E-state index contributed by atoms with van der Waals surface area (Å²) in [6.07, 6.45) is 0. The third-order valence-electron chi connectivity index (χ3n) is 2.60. The molecule has 0 fully saturated rings. The maximum absolute atomic E-state index is 12.0. The largest absolute Gasteiger partial charge is 0.465 e. The first-order valence-electron chi connectivity index (χ1n) is 5.44. The number of esters is 1. The molecule has 0 aliphatic carbocycles. The molecule has 0 bridgehead atoms. The lowest BCUT2D eigenvalue weighted by atomic mass is 10.1. The maximum atomic E-state index is 12.0. The zero-order chi connectivity index (χ0) is 13.3. The summed E-state index contributed by atoms with van der Waals surface area (Å²) in [7, 11) is 0. The summed E-state index contributed by atoms with van der Waals surface area (Å²) in [5.74, 6) is -0.918. The lowest BCUT2D eigenvalue weighted by Crippen LogP contribution is -2.47. The van der Waals surface area contributed by atoms with E-state index in [2.05, 4.69) is 5.32 Å². The van der Waals surface area contributed by atoms with Crippen LogP contribution in [0.4, 0.5) is 5.69 Å². The first kappa shape index (κ1) is 13.2. The minimum atomic E-state index is -1.27. The zero-order valence-corrected chi connectivity index (χ0v) is 11.5. The van der Waals surface area contributed by atoms with Gasteiger partial charge in [-0.1, -0.05) is 23.4 Å². The second-order valence-corrected chi connectivity index (χ2v) is 5.85. The number of hydrogen-bond acceptors (Lipinski definition) is 4. The van der Waals surface area contributed by atoms with Crippen LogP contribution in [0.2, 0.25) is 5.02 Å². The van der Waals surface area contributed by atoms with Crippen molar-refractivity contribution >= 4 is 40.9 Å². The van der Waals surface area contributed by atoms with Crippen molar-refractivity contribution < 1.29 is 14.3 Å². The Hall–Kier alpha value is -1.20. The molecule has 0 aromatic heterocycles. The lowest BCUT2D eigenvalue weighted by Gasteiger charge is -2.30. The summed E-state index contributed by atoms with van der Waals surface area (Å²) < 4.78 is 3.68. The second kappa shape index (κ2) is 4.82.